The molecule has 0 aromatic heterocycles. The van der Waals surface area contributed by atoms with Crippen LogP contribution in [0, 0.1) is 0 Å². The molecule has 0 aliphatic heterocycles. The Morgan fingerprint density at radius 1 is 1.38 bits per heavy atom. The zero-order valence-corrected chi connectivity index (χ0v) is 7.58. The van der Waals surface area contributed by atoms with Gasteiger partial charge in [0.1, 0.15) is 0 Å². The number of hydrogen-bond donors (Lipinski definition) is 2. The van der Waals surface area contributed by atoms with Crippen molar-refractivity contribution in [3.63, 3.8) is 0 Å². The first-order valence-corrected chi connectivity index (χ1v) is 4.26. The lowest BCUT2D eigenvalue weighted by Crippen LogP contribution is -2.23. The standard InChI is InChI=1S/C9H15NO3/c1-2-3-7-10-8(11)5-4-6-9(12)13/h2H,1,3-7H2,(H,10,11)(H,12,13). The summed E-state index contributed by atoms with van der Waals surface area (Å²) in [7, 11) is 0. The largest absolute Gasteiger partial charge is 0.481 e. The number of carboxylic acids is 1. The molecule has 1 amide bonds. The van der Waals surface area contributed by atoms with E-state index < -0.39 is 5.97 Å². The van der Waals surface area contributed by atoms with Gasteiger partial charge in [-0.05, 0) is 12.8 Å². The molecule has 0 saturated carbocycles. The Kier molecular flexibility index (Phi) is 6.59. The predicted molar refractivity (Wildman–Crippen MR) is 49.3 cm³/mol. The van der Waals surface area contributed by atoms with Gasteiger partial charge >= 0.3 is 5.97 Å². The molecule has 0 fully saturated rings. The van der Waals surface area contributed by atoms with Crippen LogP contribution in [-0.2, 0) is 9.59 Å². The van der Waals surface area contributed by atoms with Crippen LogP contribution in [0.2, 0.25) is 0 Å². The first-order valence-electron chi connectivity index (χ1n) is 4.26. The van der Waals surface area contributed by atoms with Gasteiger partial charge in [0.25, 0.3) is 0 Å². The number of hydrogen-bond acceptors (Lipinski definition) is 2. The molecule has 0 heterocycles. The molecule has 0 aliphatic rings. The van der Waals surface area contributed by atoms with Crippen molar-refractivity contribution in [1.82, 2.24) is 5.32 Å². The molecular formula is C9H15NO3. The Morgan fingerprint density at radius 2 is 2.08 bits per heavy atom. The predicted octanol–water partition coefficient (Wildman–Crippen LogP) is 0.934. The molecule has 0 rings (SSSR count). The number of carboxylic acid groups (broad SMARTS) is 1. The molecule has 0 unspecified atom stereocenters. The minimum atomic E-state index is -0.862. The van der Waals surface area contributed by atoms with E-state index in [4.69, 9.17) is 5.11 Å². The Labute approximate surface area is 77.6 Å². The maximum absolute atomic E-state index is 11.0. The van der Waals surface area contributed by atoms with E-state index in [0.717, 1.165) is 6.42 Å². The van der Waals surface area contributed by atoms with Crippen molar-refractivity contribution in [2.75, 3.05) is 6.54 Å². The molecule has 13 heavy (non-hydrogen) atoms. The fourth-order valence-corrected chi connectivity index (χ4v) is 0.802. The second-order valence-electron chi connectivity index (χ2n) is 2.67. The summed E-state index contributed by atoms with van der Waals surface area (Å²) in [6.45, 7) is 4.09. The quantitative estimate of drug-likeness (QED) is 0.458. The minimum absolute atomic E-state index is 0.0505. The van der Waals surface area contributed by atoms with E-state index in [9.17, 15) is 9.59 Å². The molecule has 0 spiro atoms. The number of nitrogens with one attached hydrogen (secondary N) is 1. The first kappa shape index (κ1) is 11.7. The van der Waals surface area contributed by atoms with E-state index in [1.165, 1.54) is 0 Å². The highest BCUT2D eigenvalue weighted by Crippen LogP contribution is 1.94. The number of rotatable bonds is 7. The average Bonchev–Trinajstić information content (AvgIpc) is 2.04. The highest BCUT2D eigenvalue weighted by molar-refractivity contribution is 5.76. The molecule has 0 aromatic rings. The summed E-state index contributed by atoms with van der Waals surface area (Å²) in [6, 6.07) is 0. The van der Waals surface area contributed by atoms with Crippen LogP contribution in [0.3, 0.4) is 0 Å². The molecule has 0 aromatic carbocycles. The molecule has 2 N–H and O–H groups in total. The van der Waals surface area contributed by atoms with E-state index in [0.29, 0.717) is 13.0 Å². The monoisotopic (exact) mass is 185 g/mol. The summed E-state index contributed by atoms with van der Waals surface area (Å²) >= 11 is 0. The second kappa shape index (κ2) is 7.34. The van der Waals surface area contributed by atoms with Crippen molar-refractivity contribution in [2.45, 2.75) is 25.7 Å². The molecule has 4 heteroatoms. The third kappa shape index (κ3) is 8.59. The van der Waals surface area contributed by atoms with Crippen LogP contribution in [0.15, 0.2) is 12.7 Å². The third-order valence-corrected chi connectivity index (χ3v) is 1.47. The molecular weight excluding hydrogens is 170 g/mol. The topological polar surface area (TPSA) is 66.4 Å². The van der Waals surface area contributed by atoms with Crippen molar-refractivity contribution < 1.29 is 14.7 Å². The lowest BCUT2D eigenvalue weighted by molar-refractivity contribution is -0.137. The van der Waals surface area contributed by atoms with Gasteiger partial charge in [-0.25, -0.2) is 0 Å². The second-order valence-corrected chi connectivity index (χ2v) is 2.67. The van der Waals surface area contributed by atoms with Gasteiger partial charge in [-0.3, -0.25) is 9.59 Å². The fraction of sp³-hybridized carbons (Fsp3) is 0.556. The van der Waals surface area contributed by atoms with Crippen molar-refractivity contribution in [3.05, 3.63) is 12.7 Å². The normalized spacial score (nSPS) is 9.23. The maximum Gasteiger partial charge on any atom is 0.303 e. The summed E-state index contributed by atoms with van der Waals surface area (Å²) in [4.78, 5) is 21.1. The third-order valence-electron chi connectivity index (χ3n) is 1.47. The van der Waals surface area contributed by atoms with Crippen molar-refractivity contribution in [1.29, 1.82) is 0 Å². The van der Waals surface area contributed by atoms with Gasteiger partial charge in [0.15, 0.2) is 0 Å². The summed E-state index contributed by atoms with van der Waals surface area (Å²) in [5, 5.41) is 10.9. The van der Waals surface area contributed by atoms with Crippen molar-refractivity contribution >= 4 is 11.9 Å². The highest BCUT2D eigenvalue weighted by Gasteiger charge is 2.02. The number of carbonyl (C=O) groups is 2. The number of amides is 1. The smallest absolute Gasteiger partial charge is 0.303 e. The van der Waals surface area contributed by atoms with Crippen LogP contribution in [0.1, 0.15) is 25.7 Å². The van der Waals surface area contributed by atoms with Gasteiger partial charge in [0.05, 0.1) is 0 Å². The molecule has 74 valence electrons. The van der Waals surface area contributed by atoms with Crippen LogP contribution in [-0.4, -0.2) is 23.5 Å². The summed E-state index contributed by atoms with van der Waals surface area (Å²) in [5.41, 5.74) is 0. The minimum Gasteiger partial charge on any atom is -0.481 e. The lowest BCUT2D eigenvalue weighted by atomic mass is 10.2. The molecule has 4 nitrogen and oxygen atoms in total. The average molecular weight is 185 g/mol. The maximum atomic E-state index is 11.0. The van der Waals surface area contributed by atoms with Crippen LogP contribution in [0.5, 0.6) is 0 Å². The van der Waals surface area contributed by atoms with Crippen LogP contribution in [0.25, 0.3) is 0 Å². The Hall–Kier alpha value is -1.32. The number of aliphatic carboxylic acids is 1. The zero-order chi connectivity index (χ0) is 10.1. The van der Waals surface area contributed by atoms with Crippen molar-refractivity contribution in [3.8, 4) is 0 Å². The fourth-order valence-electron chi connectivity index (χ4n) is 0.802. The molecule has 0 aliphatic carbocycles. The van der Waals surface area contributed by atoms with Gasteiger partial charge in [-0.1, -0.05) is 6.08 Å². The van der Waals surface area contributed by atoms with E-state index in [1.807, 2.05) is 0 Å². The van der Waals surface area contributed by atoms with Gasteiger partial charge in [-0.15, -0.1) is 6.58 Å². The Morgan fingerprint density at radius 3 is 2.62 bits per heavy atom. The molecule has 0 radical (unpaired) electrons. The van der Waals surface area contributed by atoms with E-state index >= 15 is 0 Å². The summed E-state index contributed by atoms with van der Waals surface area (Å²) < 4.78 is 0. The first-order chi connectivity index (χ1) is 6.16. The van der Waals surface area contributed by atoms with E-state index in [2.05, 4.69) is 11.9 Å². The zero-order valence-electron chi connectivity index (χ0n) is 7.58. The lowest BCUT2D eigenvalue weighted by Gasteiger charge is -2.01. The number of carbonyl (C=O) groups excluding carboxylic acids is 1. The van der Waals surface area contributed by atoms with Gasteiger partial charge in [0.2, 0.25) is 5.91 Å². The SMILES string of the molecule is C=CCCNC(=O)CCCC(=O)O. The van der Waals surface area contributed by atoms with Crippen LogP contribution < -0.4 is 5.32 Å². The Bertz CT molecular complexity index is 189. The molecule has 0 bridgehead atoms. The Balaban J connectivity index is 3.30. The van der Waals surface area contributed by atoms with Gasteiger partial charge in [0, 0.05) is 19.4 Å². The summed E-state index contributed by atoms with van der Waals surface area (Å²) in [6.07, 6.45) is 3.19. The van der Waals surface area contributed by atoms with Crippen molar-refractivity contribution in [2.24, 2.45) is 0 Å². The van der Waals surface area contributed by atoms with E-state index in [-0.39, 0.29) is 18.7 Å². The van der Waals surface area contributed by atoms with E-state index in [1.54, 1.807) is 6.08 Å². The van der Waals surface area contributed by atoms with Gasteiger partial charge < -0.3 is 10.4 Å². The van der Waals surface area contributed by atoms with Gasteiger partial charge in [-0.2, -0.15) is 0 Å². The molecule has 0 saturated heterocycles. The summed E-state index contributed by atoms with van der Waals surface area (Å²) in [5.74, 6) is -0.956. The molecule has 0 atom stereocenters. The highest BCUT2D eigenvalue weighted by atomic mass is 16.4. The van der Waals surface area contributed by atoms with Crippen LogP contribution >= 0.6 is 0 Å². The van der Waals surface area contributed by atoms with Crippen LogP contribution in [0.4, 0.5) is 0 Å².